The van der Waals surface area contributed by atoms with E-state index < -0.39 is 0 Å². The van der Waals surface area contributed by atoms with Crippen LogP contribution in [0.5, 0.6) is 5.75 Å². The Labute approximate surface area is 69.3 Å². The Morgan fingerprint density at radius 2 is 1.70 bits per heavy atom. The van der Waals surface area contributed by atoms with Gasteiger partial charge in [0.25, 0.3) is 0 Å². The van der Waals surface area contributed by atoms with Crippen LogP contribution in [0.1, 0.15) is 0 Å². The second kappa shape index (κ2) is 4.10. The van der Waals surface area contributed by atoms with Gasteiger partial charge in [0.15, 0.2) is 23.1 Å². The van der Waals surface area contributed by atoms with E-state index >= 15 is 0 Å². The summed E-state index contributed by atoms with van der Waals surface area (Å²) in [6, 6.07) is 7.55. The van der Waals surface area contributed by atoms with Crippen molar-refractivity contribution < 1.29 is 5.11 Å². The lowest BCUT2D eigenvalue weighted by Gasteiger charge is -1.74. The molecule has 1 N–H and O–H groups in total. The topological polar surface area (TPSA) is 37.3 Å². The lowest BCUT2D eigenvalue weighted by molar-refractivity contribution is 0.471. The molecule has 10 heavy (non-hydrogen) atoms. The maximum atomic E-state index is 10.6. The minimum Gasteiger partial charge on any atom is -0.504 e. The zero-order chi connectivity index (χ0) is 6.69. The smallest absolute Gasteiger partial charge is 0.220 e. The third-order valence-electron chi connectivity index (χ3n) is 0.976. The normalized spacial score (nSPS) is 8.00. The van der Waals surface area contributed by atoms with Gasteiger partial charge in [-0.1, -0.05) is 18.2 Å². The molecule has 1 aromatic rings. The van der Waals surface area contributed by atoms with E-state index in [9.17, 15) is 4.79 Å². The number of rotatable bonds is 0. The molecule has 0 aromatic heterocycles. The Balaban J connectivity index is 0.000000810. The van der Waals surface area contributed by atoms with Gasteiger partial charge in [0.1, 0.15) is 0 Å². The van der Waals surface area contributed by atoms with Gasteiger partial charge < -0.3 is 5.11 Å². The molecule has 0 spiro atoms. The van der Waals surface area contributed by atoms with E-state index in [1.165, 1.54) is 12.1 Å². The first kappa shape index (κ1) is 9.22. The van der Waals surface area contributed by atoms with Crippen LogP contribution < -0.4 is 5.43 Å². The first-order valence-electron chi connectivity index (χ1n) is 2.59. The monoisotopic (exact) mass is 152 g/mol. The summed E-state index contributed by atoms with van der Waals surface area (Å²) in [5.41, 5.74) is -0.347. The maximum absolute atomic E-state index is 10.6. The molecule has 0 unspecified atom stereocenters. The molecule has 0 aliphatic carbocycles. The molecular formula is C7H9AlO2. The average molecular weight is 152 g/mol. The third-order valence-corrected chi connectivity index (χ3v) is 0.976. The molecule has 0 saturated carbocycles. The van der Waals surface area contributed by atoms with Gasteiger partial charge in [-0.25, -0.2) is 0 Å². The first-order valence-corrected chi connectivity index (χ1v) is 2.59. The SMILES string of the molecule is O=c1cccccc1O.[AlH3]. The lowest BCUT2D eigenvalue weighted by Crippen LogP contribution is -1.90. The van der Waals surface area contributed by atoms with Gasteiger partial charge in [0.05, 0.1) is 0 Å². The van der Waals surface area contributed by atoms with Gasteiger partial charge in [-0.15, -0.1) is 0 Å². The molecule has 0 heterocycles. The van der Waals surface area contributed by atoms with E-state index in [1.54, 1.807) is 18.2 Å². The molecule has 0 radical (unpaired) electrons. The minimum absolute atomic E-state index is 0. The first-order chi connectivity index (χ1) is 4.30. The Morgan fingerprint density at radius 1 is 1.10 bits per heavy atom. The predicted molar refractivity (Wildman–Crippen MR) is 44.3 cm³/mol. The maximum Gasteiger partial charge on any atom is 0.220 e. The largest absolute Gasteiger partial charge is 0.504 e. The third kappa shape index (κ3) is 2.22. The van der Waals surface area contributed by atoms with Crippen molar-refractivity contribution in [3.05, 3.63) is 40.6 Å². The Hall–Kier alpha value is -0.778. The second-order valence-electron chi connectivity index (χ2n) is 1.66. The van der Waals surface area contributed by atoms with Crippen molar-refractivity contribution in [2.75, 3.05) is 0 Å². The Morgan fingerprint density at radius 3 is 2.40 bits per heavy atom. The van der Waals surface area contributed by atoms with E-state index in [2.05, 4.69) is 0 Å². The van der Waals surface area contributed by atoms with Crippen LogP contribution in [0.4, 0.5) is 0 Å². The van der Waals surface area contributed by atoms with E-state index in [0.717, 1.165) is 0 Å². The van der Waals surface area contributed by atoms with Crippen molar-refractivity contribution in [2.24, 2.45) is 0 Å². The molecule has 0 amide bonds. The van der Waals surface area contributed by atoms with Crippen molar-refractivity contribution in [3.8, 4) is 5.75 Å². The summed E-state index contributed by atoms with van der Waals surface area (Å²) >= 11 is 0. The van der Waals surface area contributed by atoms with Crippen LogP contribution >= 0.6 is 0 Å². The molecule has 0 atom stereocenters. The highest BCUT2D eigenvalue weighted by Crippen LogP contribution is 1.93. The van der Waals surface area contributed by atoms with E-state index in [1.807, 2.05) is 0 Å². The number of aromatic hydroxyl groups is 1. The van der Waals surface area contributed by atoms with Gasteiger partial charge in [0, 0.05) is 0 Å². The zero-order valence-electron chi connectivity index (χ0n) is 4.74. The minimum atomic E-state index is -0.347. The summed E-state index contributed by atoms with van der Waals surface area (Å²) in [5, 5.41) is 8.77. The van der Waals surface area contributed by atoms with Crippen LogP contribution in [-0.2, 0) is 0 Å². The molecule has 1 aromatic carbocycles. The average Bonchev–Trinajstić information content (AvgIpc) is 1.99. The van der Waals surface area contributed by atoms with Crippen molar-refractivity contribution in [2.45, 2.75) is 0 Å². The van der Waals surface area contributed by atoms with Gasteiger partial charge in [-0.2, -0.15) is 0 Å². The molecule has 0 fully saturated rings. The predicted octanol–water partition coefficient (Wildman–Crippen LogP) is -0.432. The van der Waals surface area contributed by atoms with E-state index in [-0.39, 0.29) is 28.5 Å². The Kier molecular flexibility index (Phi) is 3.79. The van der Waals surface area contributed by atoms with Crippen molar-refractivity contribution in [3.63, 3.8) is 0 Å². The summed E-state index contributed by atoms with van der Waals surface area (Å²) in [5.74, 6) is -0.208. The van der Waals surface area contributed by atoms with Crippen molar-refractivity contribution in [1.29, 1.82) is 0 Å². The molecule has 2 nitrogen and oxygen atoms in total. The summed E-state index contributed by atoms with van der Waals surface area (Å²) in [7, 11) is 0. The summed E-state index contributed by atoms with van der Waals surface area (Å²) in [6.07, 6.45) is 0. The molecular weight excluding hydrogens is 143 g/mol. The van der Waals surface area contributed by atoms with E-state index in [4.69, 9.17) is 5.11 Å². The lowest BCUT2D eigenvalue weighted by atomic mass is 10.5. The molecule has 0 aliphatic rings. The van der Waals surface area contributed by atoms with Gasteiger partial charge in [-0.05, 0) is 12.1 Å². The number of hydrogen-bond acceptors (Lipinski definition) is 2. The molecule has 0 bridgehead atoms. The number of hydrogen-bond donors (Lipinski definition) is 1. The standard InChI is InChI=1S/C7H6O2.Al.3H/c8-6-4-2-1-3-5-7(6)9;;;;/h1-5H,(H,8,9);;;;. The summed E-state index contributed by atoms with van der Waals surface area (Å²) < 4.78 is 0. The van der Waals surface area contributed by atoms with Crippen LogP contribution in [0, 0.1) is 0 Å². The fraction of sp³-hybridized carbons (Fsp3) is 0. The van der Waals surface area contributed by atoms with Crippen molar-refractivity contribution in [1.82, 2.24) is 0 Å². The highest BCUT2D eigenvalue weighted by Gasteiger charge is 1.85. The summed E-state index contributed by atoms with van der Waals surface area (Å²) in [4.78, 5) is 10.6. The molecule has 0 saturated heterocycles. The van der Waals surface area contributed by atoms with Crippen LogP contribution in [0.15, 0.2) is 35.1 Å². The Bertz CT molecular complexity index is 259. The quantitative estimate of drug-likeness (QED) is 0.512. The fourth-order valence-corrected chi connectivity index (χ4v) is 0.521. The second-order valence-corrected chi connectivity index (χ2v) is 1.66. The van der Waals surface area contributed by atoms with Crippen molar-refractivity contribution >= 4 is 17.4 Å². The molecule has 1 rings (SSSR count). The molecule has 52 valence electrons. The van der Waals surface area contributed by atoms with Crippen LogP contribution in [0.3, 0.4) is 0 Å². The van der Waals surface area contributed by atoms with Gasteiger partial charge in [-0.3, -0.25) is 4.79 Å². The molecule has 3 heteroatoms. The van der Waals surface area contributed by atoms with E-state index in [0.29, 0.717) is 0 Å². The van der Waals surface area contributed by atoms with Gasteiger partial charge in [0.2, 0.25) is 5.43 Å². The van der Waals surface area contributed by atoms with Gasteiger partial charge >= 0.3 is 0 Å². The highest BCUT2D eigenvalue weighted by molar-refractivity contribution is 5.75. The van der Waals surface area contributed by atoms with Crippen LogP contribution in [0.2, 0.25) is 0 Å². The van der Waals surface area contributed by atoms with Crippen LogP contribution in [0.25, 0.3) is 0 Å². The summed E-state index contributed by atoms with van der Waals surface area (Å²) in [6.45, 7) is 0. The highest BCUT2D eigenvalue weighted by atomic mass is 27.0. The van der Waals surface area contributed by atoms with Crippen LogP contribution in [-0.4, -0.2) is 22.5 Å². The zero-order valence-corrected chi connectivity index (χ0v) is 4.74. The fourth-order valence-electron chi connectivity index (χ4n) is 0.521. The molecule has 0 aliphatic heterocycles.